The molecule has 0 heterocycles. The summed E-state index contributed by atoms with van der Waals surface area (Å²) in [5.41, 5.74) is 0.972. The maximum atomic E-state index is 10.2. The highest BCUT2D eigenvalue weighted by Gasteiger charge is 2.20. The van der Waals surface area contributed by atoms with Gasteiger partial charge in [0.15, 0.2) is 0 Å². The Morgan fingerprint density at radius 2 is 2.11 bits per heavy atom. The van der Waals surface area contributed by atoms with E-state index in [9.17, 15) is 5.11 Å². The largest absolute Gasteiger partial charge is 0.387 e. The minimum absolute atomic E-state index is 0.421. The Balaban J connectivity index is 1.76. The molecule has 0 radical (unpaired) electrons. The van der Waals surface area contributed by atoms with E-state index in [4.69, 9.17) is 0 Å². The first-order valence-corrected chi connectivity index (χ1v) is 8.97. The van der Waals surface area contributed by atoms with Gasteiger partial charge in [-0.15, -0.1) is 0 Å². The molecular formula is C15H22BrNOS. The molecular weight excluding hydrogens is 322 g/mol. The lowest BCUT2D eigenvalue weighted by Gasteiger charge is -2.29. The molecule has 1 unspecified atom stereocenters. The van der Waals surface area contributed by atoms with Crippen molar-refractivity contribution >= 4 is 27.7 Å². The van der Waals surface area contributed by atoms with Crippen molar-refractivity contribution in [2.24, 2.45) is 0 Å². The van der Waals surface area contributed by atoms with Gasteiger partial charge in [-0.25, -0.2) is 0 Å². The smallest absolute Gasteiger partial charge is 0.0914 e. The quantitative estimate of drug-likeness (QED) is 0.853. The second kappa shape index (κ2) is 7.67. The van der Waals surface area contributed by atoms with E-state index in [0.29, 0.717) is 12.6 Å². The lowest BCUT2D eigenvalue weighted by Crippen LogP contribution is -2.36. The van der Waals surface area contributed by atoms with E-state index >= 15 is 0 Å². The number of hydrogen-bond donors (Lipinski definition) is 2. The van der Waals surface area contributed by atoms with Crippen molar-refractivity contribution in [1.82, 2.24) is 5.32 Å². The number of benzene rings is 1. The van der Waals surface area contributed by atoms with Crippen molar-refractivity contribution in [3.05, 3.63) is 34.3 Å². The molecule has 1 aliphatic rings. The molecule has 1 saturated carbocycles. The van der Waals surface area contributed by atoms with Crippen molar-refractivity contribution < 1.29 is 5.11 Å². The Morgan fingerprint density at radius 1 is 1.37 bits per heavy atom. The first-order chi connectivity index (χ1) is 9.19. The van der Waals surface area contributed by atoms with Gasteiger partial charge < -0.3 is 10.4 Å². The lowest BCUT2D eigenvalue weighted by atomic mass is 9.94. The van der Waals surface area contributed by atoms with Gasteiger partial charge in [-0.3, -0.25) is 0 Å². The zero-order valence-electron chi connectivity index (χ0n) is 11.3. The number of hydrogen-bond acceptors (Lipinski definition) is 3. The van der Waals surface area contributed by atoms with Crippen LogP contribution in [0.5, 0.6) is 0 Å². The third-order valence-electron chi connectivity index (χ3n) is 3.84. The monoisotopic (exact) mass is 343 g/mol. The van der Waals surface area contributed by atoms with E-state index in [-0.39, 0.29) is 0 Å². The summed E-state index contributed by atoms with van der Waals surface area (Å²) in [5.74, 6) is 0. The van der Waals surface area contributed by atoms with Crippen LogP contribution in [0.2, 0.25) is 0 Å². The Morgan fingerprint density at radius 3 is 2.74 bits per heavy atom. The molecule has 0 aromatic heterocycles. The molecule has 1 aromatic rings. The van der Waals surface area contributed by atoms with Gasteiger partial charge in [0.2, 0.25) is 0 Å². The molecule has 106 valence electrons. The molecule has 1 aliphatic carbocycles. The number of aliphatic hydroxyl groups is 1. The zero-order valence-corrected chi connectivity index (χ0v) is 13.7. The topological polar surface area (TPSA) is 32.3 Å². The third kappa shape index (κ3) is 4.78. The van der Waals surface area contributed by atoms with Gasteiger partial charge in [-0.05, 0) is 49.6 Å². The number of nitrogens with one attached hydrogen (secondary N) is 1. The van der Waals surface area contributed by atoms with Gasteiger partial charge in [0.1, 0.15) is 0 Å². The number of thioether (sulfide) groups is 1. The number of halogens is 1. The van der Waals surface area contributed by atoms with Crippen molar-refractivity contribution in [3.8, 4) is 0 Å². The molecule has 2 nitrogen and oxygen atoms in total. The van der Waals surface area contributed by atoms with E-state index in [1.54, 1.807) is 0 Å². The highest BCUT2D eigenvalue weighted by atomic mass is 79.9. The van der Waals surface area contributed by atoms with Gasteiger partial charge >= 0.3 is 0 Å². The number of aliphatic hydroxyl groups excluding tert-OH is 1. The van der Waals surface area contributed by atoms with E-state index < -0.39 is 6.10 Å². The van der Waals surface area contributed by atoms with Crippen LogP contribution in [0.3, 0.4) is 0 Å². The molecule has 0 aliphatic heterocycles. The fourth-order valence-electron chi connectivity index (χ4n) is 2.61. The van der Waals surface area contributed by atoms with Crippen LogP contribution in [-0.2, 0) is 0 Å². The molecule has 4 heteroatoms. The first-order valence-electron chi connectivity index (χ1n) is 6.88. The SMILES string of the molecule is CSC1CCC(NCC(O)c2cccc(Br)c2)CC1. The van der Waals surface area contributed by atoms with Crippen LogP contribution < -0.4 is 5.32 Å². The summed E-state index contributed by atoms with van der Waals surface area (Å²) in [4.78, 5) is 0. The molecule has 2 N–H and O–H groups in total. The standard InChI is InChI=1S/C15H22BrNOS/c1-19-14-7-5-13(6-8-14)17-10-15(18)11-3-2-4-12(16)9-11/h2-4,9,13-15,17-18H,5-8,10H2,1H3. The molecule has 1 fully saturated rings. The van der Waals surface area contributed by atoms with Crippen LogP contribution >= 0.6 is 27.7 Å². The fraction of sp³-hybridized carbons (Fsp3) is 0.600. The summed E-state index contributed by atoms with van der Waals surface area (Å²) in [6, 6.07) is 8.48. The molecule has 0 spiro atoms. The summed E-state index contributed by atoms with van der Waals surface area (Å²) >= 11 is 5.43. The van der Waals surface area contributed by atoms with Crippen LogP contribution in [0.15, 0.2) is 28.7 Å². The predicted molar refractivity (Wildman–Crippen MR) is 86.7 cm³/mol. The lowest BCUT2D eigenvalue weighted by molar-refractivity contribution is 0.166. The first kappa shape index (κ1) is 15.4. The van der Waals surface area contributed by atoms with Gasteiger partial charge in [0.05, 0.1) is 6.10 Å². The molecule has 0 saturated heterocycles. The second-order valence-electron chi connectivity index (χ2n) is 5.19. The van der Waals surface area contributed by atoms with Crippen LogP contribution in [0, 0.1) is 0 Å². The van der Waals surface area contributed by atoms with Crippen LogP contribution in [0.25, 0.3) is 0 Å². The summed E-state index contributed by atoms with van der Waals surface area (Å²) in [5, 5.41) is 14.5. The molecule has 0 bridgehead atoms. The van der Waals surface area contributed by atoms with E-state index in [2.05, 4.69) is 27.5 Å². The number of rotatable bonds is 5. The van der Waals surface area contributed by atoms with Crippen molar-refractivity contribution in [2.45, 2.75) is 43.1 Å². The second-order valence-corrected chi connectivity index (χ2v) is 7.24. The Hall–Kier alpha value is -0.0300. The van der Waals surface area contributed by atoms with Crippen LogP contribution in [0.4, 0.5) is 0 Å². The minimum atomic E-state index is -0.421. The highest BCUT2D eigenvalue weighted by molar-refractivity contribution is 9.10. The molecule has 0 amide bonds. The normalized spacial score (nSPS) is 25.2. The average molecular weight is 344 g/mol. The summed E-state index contributed by atoms with van der Waals surface area (Å²) in [7, 11) is 0. The van der Waals surface area contributed by atoms with E-state index in [0.717, 1.165) is 15.3 Å². The summed E-state index contributed by atoms with van der Waals surface area (Å²) in [6.07, 6.45) is 6.84. The maximum Gasteiger partial charge on any atom is 0.0914 e. The van der Waals surface area contributed by atoms with Crippen molar-refractivity contribution in [1.29, 1.82) is 0 Å². The summed E-state index contributed by atoms with van der Waals surface area (Å²) in [6.45, 7) is 0.644. The Kier molecular flexibility index (Phi) is 6.20. The fourth-order valence-corrected chi connectivity index (χ4v) is 3.77. The molecule has 1 aromatic carbocycles. The summed E-state index contributed by atoms with van der Waals surface area (Å²) < 4.78 is 1.02. The molecule has 1 atom stereocenters. The Labute approximate surface area is 128 Å². The van der Waals surface area contributed by atoms with Crippen molar-refractivity contribution in [3.63, 3.8) is 0 Å². The van der Waals surface area contributed by atoms with Crippen LogP contribution in [-0.4, -0.2) is 29.2 Å². The highest BCUT2D eigenvalue weighted by Crippen LogP contribution is 2.27. The third-order valence-corrected chi connectivity index (χ3v) is 5.47. The van der Waals surface area contributed by atoms with Gasteiger partial charge in [0, 0.05) is 22.3 Å². The maximum absolute atomic E-state index is 10.2. The van der Waals surface area contributed by atoms with Gasteiger partial charge in [-0.2, -0.15) is 11.8 Å². The van der Waals surface area contributed by atoms with E-state index in [1.807, 2.05) is 36.0 Å². The predicted octanol–water partition coefficient (Wildman–Crippen LogP) is 3.75. The van der Waals surface area contributed by atoms with Gasteiger partial charge in [0.25, 0.3) is 0 Å². The van der Waals surface area contributed by atoms with Crippen molar-refractivity contribution in [2.75, 3.05) is 12.8 Å². The molecule has 2 rings (SSSR count). The minimum Gasteiger partial charge on any atom is -0.387 e. The van der Waals surface area contributed by atoms with E-state index in [1.165, 1.54) is 25.7 Å². The Bertz CT molecular complexity index is 393. The van der Waals surface area contributed by atoms with Crippen LogP contribution in [0.1, 0.15) is 37.4 Å². The molecule has 19 heavy (non-hydrogen) atoms. The zero-order chi connectivity index (χ0) is 13.7. The average Bonchev–Trinajstić information content (AvgIpc) is 2.45. The van der Waals surface area contributed by atoms with Gasteiger partial charge in [-0.1, -0.05) is 28.1 Å².